The summed E-state index contributed by atoms with van der Waals surface area (Å²) in [5, 5.41) is 2.63. The maximum absolute atomic E-state index is 13.5. The first-order valence-corrected chi connectivity index (χ1v) is 9.99. The largest absolute Gasteiger partial charge is 0.481 e. The van der Waals surface area contributed by atoms with Crippen molar-refractivity contribution in [3.8, 4) is 5.75 Å². The van der Waals surface area contributed by atoms with Gasteiger partial charge in [0.25, 0.3) is 5.91 Å². The van der Waals surface area contributed by atoms with E-state index in [2.05, 4.69) is 5.32 Å². The van der Waals surface area contributed by atoms with E-state index in [1.54, 1.807) is 24.3 Å². The molecular formula is C20H20F2N2O3S. The molecule has 2 amide bonds. The van der Waals surface area contributed by atoms with Crippen molar-refractivity contribution in [2.24, 2.45) is 0 Å². The molecule has 3 rings (SSSR count). The molecule has 0 aromatic heterocycles. The highest BCUT2D eigenvalue weighted by molar-refractivity contribution is 7.99. The predicted octanol–water partition coefficient (Wildman–Crippen LogP) is 3.10. The van der Waals surface area contributed by atoms with E-state index in [4.69, 9.17) is 4.74 Å². The van der Waals surface area contributed by atoms with Gasteiger partial charge in [-0.15, -0.1) is 0 Å². The number of hydrogen-bond donors (Lipinski definition) is 1. The predicted molar refractivity (Wildman–Crippen MR) is 105 cm³/mol. The topological polar surface area (TPSA) is 58.6 Å². The number of amides is 2. The molecule has 0 spiro atoms. The molecule has 0 radical (unpaired) electrons. The van der Waals surface area contributed by atoms with Crippen molar-refractivity contribution in [3.63, 3.8) is 0 Å². The van der Waals surface area contributed by atoms with Crippen molar-refractivity contribution in [2.45, 2.75) is 6.42 Å². The summed E-state index contributed by atoms with van der Waals surface area (Å²) in [5.74, 6) is -0.200. The Balaban J connectivity index is 1.48. The molecule has 2 aromatic carbocycles. The standard InChI is InChI=1S/C20H20F2N2O3S/c21-15-3-6-18(17(22)12-15)27-13-19(25)23-16-4-1-14(2-5-16)11-20(26)24-7-9-28-10-8-24/h1-6,12H,7-11,13H2,(H,23,25). The van der Waals surface area contributed by atoms with Gasteiger partial charge < -0.3 is 15.0 Å². The van der Waals surface area contributed by atoms with Gasteiger partial charge in [-0.25, -0.2) is 8.78 Å². The first kappa shape index (κ1) is 20.1. The van der Waals surface area contributed by atoms with Crippen LogP contribution in [0.4, 0.5) is 14.5 Å². The zero-order chi connectivity index (χ0) is 19.9. The summed E-state index contributed by atoms with van der Waals surface area (Å²) in [6.07, 6.45) is 0.325. The number of thioether (sulfide) groups is 1. The van der Waals surface area contributed by atoms with Crippen LogP contribution in [0.5, 0.6) is 5.75 Å². The van der Waals surface area contributed by atoms with Crippen LogP contribution in [0.25, 0.3) is 0 Å². The third kappa shape index (κ3) is 5.69. The van der Waals surface area contributed by atoms with Gasteiger partial charge in [-0.2, -0.15) is 11.8 Å². The summed E-state index contributed by atoms with van der Waals surface area (Å²) >= 11 is 1.85. The smallest absolute Gasteiger partial charge is 0.262 e. The summed E-state index contributed by atoms with van der Waals surface area (Å²) in [6, 6.07) is 9.84. The average molecular weight is 406 g/mol. The van der Waals surface area contributed by atoms with Gasteiger partial charge in [0, 0.05) is 36.3 Å². The molecule has 28 heavy (non-hydrogen) atoms. The lowest BCUT2D eigenvalue weighted by molar-refractivity contribution is -0.130. The van der Waals surface area contributed by atoms with E-state index in [9.17, 15) is 18.4 Å². The van der Waals surface area contributed by atoms with E-state index in [0.29, 0.717) is 18.2 Å². The second kappa shape index (κ2) is 9.54. The second-order valence-electron chi connectivity index (χ2n) is 6.28. The number of nitrogens with zero attached hydrogens (tertiary/aromatic N) is 1. The highest BCUT2D eigenvalue weighted by Crippen LogP contribution is 2.18. The number of benzene rings is 2. The Morgan fingerprint density at radius 3 is 2.46 bits per heavy atom. The first-order chi connectivity index (χ1) is 13.5. The Morgan fingerprint density at radius 1 is 1.07 bits per heavy atom. The Hall–Kier alpha value is -2.61. The first-order valence-electron chi connectivity index (χ1n) is 8.83. The molecule has 1 fully saturated rings. The molecule has 0 bridgehead atoms. The van der Waals surface area contributed by atoms with Gasteiger partial charge in [-0.05, 0) is 29.8 Å². The Labute approximate surface area is 166 Å². The quantitative estimate of drug-likeness (QED) is 0.801. The Bertz CT molecular complexity index is 840. The van der Waals surface area contributed by atoms with Gasteiger partial charge in [-0.1, -0.05) is 12.1 Å². The molecular weight excluding hydrogens is 386 g/mol. The number of ether oxygens (including phenoxy) is 1. The SMILES string of the molecule is O=C(COc1ccc(F)cc1F)Nc1ccc(CC(=O)N2CCSCC2)cc1. The van der Waals surface area contributed by atoms with Crippen molar-refractivity contribution in [2.75, 3.05) is 36.5 Å². The lowest BCUT2D eigenvalue weighted by atomic mass is 10.1. The Morgan fingerprint density at radius 2 is 1.79 bits per heavy atom. The zero-order valence-electron chi connectivity index (χ0n) is 15.1. The maximum Gasteiger partial charge on any atom is 0.262 e. The van der Waals surface area contributed by atoms with Gasteiger partial charge >= 0.3 is 0 Å². The fraction of sp³-hybridized carbons (Fsp3) is 0.300. The van der Waals surface area contributed by atoms with E-state index in [1.807, 2.05) is 16.7 Å². The molecule has 2 aromatic rings. The van der Waals surface area contributed by atoms with Crippen molar-refractivity contribution in [3.05, 3.63) is 59.7 Å². The van der Waals surface area contributed by atoms with Crippen molar-refractivity contribution < 1.29 is 23.1 Å². The van der Waals surface area contributed by atoms with Gasteiger partial charge in [-0.3, -0.25) is 9.59 Å². The molecule has 5 nitrogen and oxygen atoms in total. The monoisotopic (exact) mass is 406 g/mol. The van der Waals surface area contributed by atoms with Gasteiger partial charge in [0.05, 0.1) is 6.42 Å². The van der Waals surface area contributed by atoms with Gasteiger partial charge in [0.15, 0.2) is 18.2 Å². The number of hydrogen-bond acceptors (Lipinski definition) is 4. The average Bonchev–Trinajstić information content (AvgIpc) is 2.69. The van der Waals surface area contributed by atoms with E-state index in [0.717, 1.165) is 42.3 Å². The maximum atomic E-state index is 13.5. The molecule has 1 saturated heterocycles. The lowest BCUT2D eigenvalue weighted by Crippen LogP contribution is -2.38. The molecule has 0 unspecified atom stereocenters. The molecule has 0 aliphatic carbocycles. The molecule has 1 aliphatic heterocycles. The summed E-state index contributed by atoms with van der Waals surface area (Å²) in [7, 11) is 0. The van der Waals surface area contributed by atoms with Crippen molar-refractivity contribution >= 4 is 29.3 Å². The fourth-order valence-electron chi connectivity index (χ4n) is 2.74. The van der Waals surface area contributed by atoms with Crippen LogP contribution in [0.1, 0.15) is 5.56 Å². The molecule has 1 aliphatic rings. The van der Waals surface area contributed by atoms with E-state index < -0.39 is 24.1 Å². The van der Waals surface area contributed by atoms with Crippen LogP contribution in [0.15, 0.2) is 42.5 Å². The summed E-state index contributed by atoms with van der Waals surface area (Å²) < 4.78 is 31.4. The number of anilines is 1. The molecule has 0 saturated carbocycles. The molecule has 8 heteroatoms. The summed E-state index contributed by atoms with van der Waals surface area (Å²) in [6.45, 7) is 1.16. The van der Waals surface area contributed by atoms with Crippen molar-refractivity contribution in [1.29, 1.82) is 0 Å². The number of carbonyl (C=O) groups is 2. The minimum absolute atomic E-state index is 0.104. The number of rotatable bonds is 6. The summed E-state index contributed by atoms with van der Waals surface area (Å²) in [5.41, 5.74) is 1.41. The van der Waals surface area contributed by atoms with Crippen LogP contribution >= 0.6 is 11.8 Å². The summed E-state index contributed by atoms with van der Waals surface area (Å²) in [4.78, 5) is 26.1. The lowest BCUT2D eigenvalue weighted by Gasteiger charge is -2.26. The fourth-order valence-corrected chi connectivity index (χ4v) is 3.64. The molecule has 0 atom stereocenters. The number of halogens is 2. The van der Waals surface area contributed by atoms with Crippen LogP contribution in [0.2, 0.25) is 0 Å². The minimum Gasteiger partial charge on any atom is -0.481 e. The van der Waals surface area contributed by atoms with E-state index in [1.165, 1.54) is 0 Å². The normalized spacial score (nSPS) is 13.9. The third-order valence-corrected chi connectivity index (χ3v) is 5.15. The van der Waals surface area contributed by atoms with Crippen LogP contribution in [-0.2, 0) is 16.0 Å². The second-order valence-corrected chi connectivity index (χ2v) is 7.50. The van der Waals surface area contributed by atoms with E-state index in [-0.39, 0.29) is 11.7 Å². The number of nitrogens with one attached hydrogen (secondary N) is 1. The molecule has 148 valence electrons. The van der Waals surface area contributed by atoms with Gasteiger partial charge in [0.2, 0.25) is 5.91 Å². The van der Waals surface area contributed by atoms with Crippen LogP contribution in [0.3, 0.4) is 0 Å². The number of carbonyl (C=O) groups excluding carboxylic acids is 2. The van der Waals surface area contributed by atoms with Crippen LogP contribution in [0, 0.1) is 11.6 Å². The molecule has 1 N–H and O–H groups in total. The Kier molecular flexibility index (Phi) is 6.86. The van der Waals surface area contributed by atoms with E-state index >= 15 is 0 Å². The molecule has 1 heterocycles. The minimum atomic E-state index is -0.867. The third-order valence-electron chi connectivity index (χ3n) is 4.21. The van der Waals surface area contributed by atoms with Crippen molar-refractivity contribution in [1.82, 2.24) is 4.90 Å². The highest BCUT2D eigenvalue weighted by Gasteiger charge is 2.17. The van der Waals surface area contributed by atoms with Gasteiger partial charge in [0.1, 0.15) is 5.82 Å². The van der Waals surface area contributed by atoms with Crippen LogP contribution < -0.4 is 10.1 Å². The zero-order valence-corrected chi connectivity index (χ0v) is 15.9. The highest BCUT2D eigenvalue weighted by atomic mass is 32.2. The van der Waals surface area contributed by atoms with Crippen LogP contribution in [-0.4, -0.2) is 47.9 Å².